The number of halogens is 1. The molecule has 2 rings (SSSR count). The van der Waals surface area contributed by atoms with Crippen LogP contribution in [0.4, 0.5) is 5.82 Å². The van der Waals surface area contributed by atoms with E-state index in [0.717, 1.165) is 0 Å². The maximum Gasteiger partial charge on any atom is 0.365 e. The molecule has 0 fully saturated rings. The molecule has 0 saturated heterocycles. The van der Waals surface area contributed by atoms with Crippen molar-refractivity contribution in [3.63, 3.8) is 0 Å². The van der Waals surface area contributed by atoms with Gasteiger partial charge in [0.05, 0.1) is 19.3 Å². The minimum Gasteiger partial charge on any atom is -1.00 e. The summed E-state index contributed by atoms with van der Waals surface area (Å²) in [5, 5.41) is 20.2. The van der Waals surface area contributed by atoms with Crippen LogP contribution in [0.3, 0.4) is 0 Å². The molecule has 0 bridgehead atoms. The lowest BCUT2D eigenvalue weighted by Crippen LogP contribution is -3.00. The van der Waals surface area contributed by atoms with Gasteiger partial charge in [0.2, 0.25) is 5.78 Å². The lowest BCUT2D eigenvalue weighted by molar-refractivity contribution is -0.689. The molecule has 0 amide bonds. The third-order valence-corrected chi connectivity index (χ3v) is 3.59. The van der Waals surface area contributed by atoms with Crippen LogP contribution in [0.1, 0.15) is 16.2 Å². The van der Waals surface area contributed by atoms with Gasteiger partial charge in [-0.2, -0.15) is 4.57 Å². The summed E-state index contributed by atoms with van der Waals surface area (Å²) in [6.07, 6.45) is 1.30. The van der Waals surface area contributed by atoms with Gasteiger partial charge in [-0.3, -0.25) is 4.79 Å². The molecule has 0 unspecified atom stereocenters. The van der Waals surface area contributed by atoms with Crippen LogP contribution in [0.15, 0.2) is 30.5 Å². The van der Waals surface area contributed by atoms with Gasteiger partial charge < -0.3 is 36.9 Å². The number of benzene rings is 1. The molecule has 0 radical (unpaired) electrons. The van der Waals surface area contributed by atoms with E-state index in [1.807, 2.05) is 0 Å². The Morgan fingerprint density at radius 2 is 2.08 bits per heavy atom. The monoisotopic (exact) mass is 399 g/mol. The fraction of sp³-hybridized carbons (Fsp3) is 0.333. The summed E-state index contributed by atoms with van der Waals surface area (Å²) in [5.41, 5.74) is 0.416. The number of nitrogens with zero attached hydrogens (tertiary/aromatic N) is 3. The maximum absolute atomic E-state index is 12.5. The van der Waals surface area contributed by atoms with E-state index in [9.17, 15) is 14.9 Å². The minimum atomic E-state index is -0.535. The highest BCUT2D eigenvalue weighted by atomic mass is 79.9. The number of hydrogen-bond donors (Lipinski definition) is 1. The van der Waals surface area contributed by atoms with Crippen molar-refractivity contribution in [3.05, 3.63) is 52.0 Å². The van der Waals surface area contributed by atoms with E-state index < -0.39 is 4.92 Å². The van der Waals surface area contributed by atoms with Crippen LogP contribution >= 0.6 is 0 Å². The number of hydrogen-bond acceptors (Lipinski definition) is 5. The molecule has 0 aliphatic heterocycles. The van der Waals surface area contributed by atoms with Crippen molar-refractivity contribution >= 4 is 11.6 Å². The summed E-state index contributed by atoms with van der Waals surface area (Å²) in [6, 6.07) is 6.82. The second-order valence-electron chi connectivity index (χ2n) is 4.92. The number of para-hydroxylation sites is 1. The molecule has 0 aliphatic rings. The zero-order valence-electron chi connectivity index (χ0n) is 13.3. The van der Waals surface area contributed by atoms with Gasteiger partial charge in [-0.05, 0) is 17.1 Å². The number of rotatable bonds is 7. The van der Waals surface area contributed by atoms with Gasteiger partial charge in [0.1, 0.15) is 12.3 Å². The summed E-state index contributed by atoms with van der Waals surface area (Å²) >= 11 is 0. The van der Waals surface area contributed by atoms with Gasteiger partial charge in [0, 0.05) is 6.92 Å². The Morgan fingerprint density at radius 3 is 2.67 bits per heavy atom. The average Bonchev–Trinajstić information content (AvgIpc) is 2.85. The first-order chi connectivity index (χ1) is 11.0. The summed E-state index contributed by atoms with van der Waals surface area (Å²) < 4.78 is 8.04. The zero-order valence-corrected chi connectivity index (χ0v) is 14.9. The van der Waals surface area contributed by atoms with Crippen LogP contribution in [0.5, 0.6) is 5.75 Å². The van der Waals surface area contributed by atoms with Crippen molar-refractivity contribution in [2.75, 3.05) is 13.7 Å². The summed E-state index contributed by atoms with van der Waals surface area (Å²) in [5.74, 6) is 0.602. The first kappa shape index (κ1) is 19.8. The van der Waals surface area contributed by atoms with Crippen molar-refractivity contribution < 1.29 is 41.1 Å². The zero-order chi connectivity index (χ0) is 17.0. The Kier molecular flexibility index (Phi) is 7.05. The van der Waals surface area contributed by atoms with Gasteiger partial charge in [-0.15, -0.1) is 0 Å². The second-order valence-corrected chi connectivity index (χ2v) is 4.92. The molecule has 8 nitrogen and oxygen atoms in total. The van der Waals surface area contributed by atoms with E-state index in [4.69, 9.17) is 9.84 Å². The highest BCUT2D eigenvalue weighted by molar-refractivity contribution is 5.97. The number of nitro groups is 1. The van der Waals surface area contributed by atoms with E-state index in [-0.39, 0.29) is 48.3 Å². The van der Waals surface area contributed by atoms with Crippen molar-refractivity contribution in [3.8, 4) is 5.75 Å². The summed E-state index contributed by atoms with van der Waals surface area (Å²) in [6.45, 7) is 1.48. The third kappa shape index (κ3) is 3.98. The lowest BCUT2D eigenvalue weighted by atomic mass is 10.1. The number of aromatic nitrogens is 2. The topological polar surface area (TPSA) is 98.5 Å². The molecule has 1 aromatic carbocycles. The fourth-order valence-electron chi connectivity index (χ4n) is 2.42. The van der Waals surface area contributed by atoms with Crippen LogP contribution in [-0.2, 0) is 13.1 Å². The SMILES string of the molecule is COc1ccccc1C(=O)C[n+]1cc([N+](=O)[O-])n(CCO)c1C.[Br-]. The molecular weight excluding hydrogens is 382 g/mol. The second kappa shape index (κ2) is 8.55. The van der Waals surface area contributed by atoms with Crippen molar-refractivity contribution in [2.24, 2.45) is 0 Å². The van der Waals surface area contributed by atoms with Gasteiger partial charge >= 0.3 is 5.82 Å². The van der Waals surface area contributed by atoms with Crippen molar-refractivity contribution in [1.29, 1.82) is 0 Å². The van der Waals surface area contributed by atoms with Gasteiger partial charge in [0.15, 0.2) is 12.7 Å². The predicted molar refractivity (Wildman–Crippen MR) is 80.4 cm³/mol. The predicted octanol–water partition coefficient (Wildman–Crippen LogP) is -2.12. The van der Waals surface area contributed by atoms with Crippen LogP contribution in [0.25, 0.3) is 0 Å². The number of imidazole rings is 1. The Bertz CT molecular complexity index is 745. The maximum atomic E-state index is 12.5. The minimum absolute atomic E-state index is 0. The van der Waals surface area contributed by atoms with Crippen molar-refractivity contribution in [2.45, 2.75) is 20.0 Å². The van der Waals surface area contributed by atoms with Crippen LogP contribution in [-0.4, -0.2) is 34.1 Å². The van der Waals surface area contributed by atoms with Gasteiger partial charge in [-0.25, -0.2) is 4.57 Å². The number of ether oxygens (including phenoxy) is 1. The Hall–Kier alpha value is -2.26. The molecule has 2 aromatic rings. The van der Waals surface area contributed by atoms with E-state index in [2.05, 4.69) is 0 Å². The lowest BCUT2D eigenvalue weighted by Gasteiger charge is -2.06. The molecule has 1 aromatic heterocycles. The number of aliphatic hydroxyl groups excluding tert-OH is 1. The molecule has 24 heavy (non-hydrogen) atoms. The highest BCUT2D eigenvalue weighted by Crippen LogP contribution is 2.18. The number of aliphatic hydroxyl groups is 1. The molecule has 1 N–H and O–H groups in total. The molecular formula is C15H18BrN3O5. The van der Waals surface area contributed by atoms with E-state index in [1.165, 1.54) is 22.4 Å². The standard InChI is InChI=1S/C15H18N3O5.BrH/c1-11-16(10-15(18(21)22)17(11)7-8-19)9-13(20)12-5-3-4-6-14(12)23-2;/h3-6,10,19H,7-9H2,1-2H3;1H/q+1;/p-1. The quantitative estimate of drug-likeness (QED) is 0.248. The summed E-state index contributed by atoms with van der Waals surface area (Å²) in [4.78, 5) is 23.0. The number of ketones is 1. The average molecular weight is 400 g/mol. The Morgan fingerprint density at radius 1 is 1.42 bits per heavy atom. The normalized spacial score (nSPS) is 10.1. The smallest absolute Gasteiger partial charge is 0.365 e. The summed E-state index contributed by atoms with van der Waals surface area (Å²) in [7, 11) is 1.48. The number of carbonyl (C=O) groups excluding carboxylic acids is 1. The molecule has 0 atom stereocenters. The molecule has 1 heterocycles. The Balaban J connectivity index is 0.00000288. The number of carbonyl (C=O) groups is 1. The Labute approximate surface area is 149 Å². The van der Waals surface area contributed by atoms with Crippen LogP contribution < -0.4 is 26.3 Å². The van der Waals surface area contributed by atoms with E-state index in [1.54, 1.807) is 31.2 Å². The van der Waals surface area contributed by atoms with E-state index >= 15 is 0 Å². The molecule has 130 valence electrons. The first-order valence-electron chi connectivity index (χ1n) is 7.00. The van der Waals surface area contributed by atoms with Gasteiger partial charge in [-0.1, -0.05) is 12.1 Å². The van der Waals surface area contributed by atoms with Crippen LogP contribution in [0.2, 0.25) is 0 Å². The fourth-order valence-corrected chi connectivity index (χ4v) is 2.42. The number of methoxy groups -OCH3 is 1. The molecule has 0 aliphatic carbocycles. The highest BCUT2D eigenvalue weighted by Gasteiger charge is 2.26. The van der Waals surface area contributed by atoms with Crippen LogP contribution in [0, 0.1) is 17.0 Å². The third-order valence-electron chi connectivity index (χ3n) is 3.59. The number of Topliss-reactive ketones (excluding diaryl/α,β-unsaturated/α-hetero) is 1. The molecule has 9 heteroatoms. The largest absolute Gasteiger partial charge is 1.00 e. The molecule has 0 spiro atoms. The first-order valence-corrected chi connectivity index (χ1v) is 7.00. The van der Waals surface area contributed by atoms with Gasteiger partial charge in [0.25, 0.3) is 5.82 Å². The molecule has 0 saturated carbocycles. The van der Waals surface area contributed by atoms with E-state index in [0.29, 0.717) is 17.1 Å². The van der Waals surface area contributed by atoms with Crippen molar-refractivity contribution in [1.82, 2.24) is 4.57 Å².